The molecule has 0 spiro atoms. The molecule has 4 aliphatic rings. The summed E-state index contributed by atoms with van der Waals surface area (Å²) in [4.78, 5) is 40.7. The lowest BCUT2D eigenvalue weighted by Crippen LogP contribution is -2.59. The first kappa shape index (κ1) is 28.1. The van der Waals surface area contributed by atoms with E-state index in [9.17, 15) is 19.6 Å². The van der Waals surface area contributed by atoms with E-state index in [0.717, 1.165) is 70.6 Å². The van der Waals surface area contributed by atoms with Crippen LogP contribution in [0.15, 0.2) is 11.6 Å². The van der Waals surface area contributed by atoms with Crippen LogP contribution >= 0.6 is 0 Å². The van der Waals surface area contributed by atoms with Gasteiger partial charge >= 0.3 is 0 Å². The normalized spacial score (nSPS) is 43.8. The topological polar surface area (TPSA) is 101 Å². The van der Waals surface area contributed by atoms with Gasteiger partial charge in [-0.2, -0.15) is 5.26 Å². The highest BCUT2D eigenvalue weighted by molar-refractivity contribution is 6.01. The molecule has 4 rings (SSSR count). The quantitative estimate of drug-likeness (QED) is 0.439. The van der Waals surface area contributed by atoms with Gasteiger partial charge in [-0.25, -0.2) is 0 Å². The Hall–Kier alpha value is -1.96. The number of unbranched alkanes of at least 4 members (excludes halogenated alkanes) is 1. The minimum atomic E-state index is -0.596. The molecule has 4 aliphatic carbocycles. The largest absolute Gasteiger partial charge is 0.369 e. The minimum Gasteiger partial charge on any atom is -0.369 e. The smallest absolute Gasteiger partial charge is 0.223 e. The number of nitrogens with two attached hydrogens (primary N) is 1. The molecule has 3 saturated carbocycles. The number of allylic oxidation sites excluding steroid dienone is 2. The number of hydrogen-bond acceptors (Lipinski definition) is 4. The van der Waals surface area contributed by atoms with Crippen molar-refractivity contribution < 1.29 is 14.4 Å². The van der Waals surface area contributed by atoms with Crippen molar-refractivity contribution in [1.29, 1.82) is 5.26 Å². The van der Waals surface area contributed by atoms with Crippen LogP contribution in [-0.2, 0) is 14.4 Å². The summed E-state index contributed by atoms with van der Waals surface area (Å²) in [6.45, 7) is 10.9. The first-order chi connectivity index (χ1) is 17.5. The van der Waals surface area contributed by atoms with E-state index in [4.69, 9.17) is 5.73 Å². The number of nitrogens with zero attached hydrogens (tertiary/aromatic N) is 1. The van der Waals surface area contributed by atoms with Crippen molar-refractivity contribution in [3.05, 3.63) is 11.6 Å². The summed E-state index contributed by atoms with van der Waals surface area (Å²) < 4.78 is 0. The van der Waals surface area contributed by atoms with E-state index in [1.807, 2.05) is 13.0 Å². The van der Waals surface area contributed by atoms with Crippen LogP contribution in [0.2, 0.25) is 0 Å². The van der Waals surface area contributed by atoms with Crippen molar-refractivity contribution in [2.75, 3.05) is 0 Å². The Balaban J connectivity index is 1.82. The van der Waals surface area contributed by atoms with E-state index in [0.29, 0.717) is 18.1 Å². The second kappa shape index (κ2) is 10.3. The van der Waals surface area contributed by atoms with Crippen LogP contribution in [0, 0.1) is 63.1 Å². The third kappa shape index (κ3) is 4.31. The Kier molecular flexibility index (Phi) is 7.82. The van der Waals surface area contributed by atoms with Gasteiger partial charge < -0.3 is 5.73 Å². The lowest BCUT2D eigenvalue weighted by molar-refractivity contribution is -0.162. The SMILES string of the molecule is CCCC[C@]1(C(N)=O)CC[C@]2(C)C(C(=O)C[C@H]3CC[C@@H]2CC[C@H]2[C@H](C)C(=O)C(C#N)=C[C@]32C)C1CCC. The molecule has 2 unspecified atom stereocenters. The van der Waals surface area contributed by atoms with Crippen LogP contribution in [0.1, 0.15) is 112 Å². The van der Waals surface area contributed by atoms with E-state index >= 15 is 0 Å². The molecule has 3 fully saturated rings. The molecule has 37 heavy (non-hydrogen) atoms. The zero-order valence-corrected chi connectivity index (χ0v) is 23.8. The van der Waals surface area contributed by atoms with Crippen LogP contribution in [0.4, 0.5) is 0 Å². The zero-order chi connectivity index (χ0) is 27.2. The summed E-state index contributed by atoms with van der Waals surface area (Å²) in [6, 6.07) is 2.17. The van der Waals surface area contributed by atoms with Crippen molar-refractivity contribution in [2.45, 2.75) is 112 Å². The molecular formula is C32H48N2O3. The van der Waals surface area contributed by atoms with Crippen molar-refractivity contribution in [3.63, 3.8) is 0 Å². The summed E-state index contributed by atoms with van der Waals surface area (Å²) in [7, 11) is 0. The fourth-order valence-electron chi connectivity index (χ4n) is 9.76. The van der Waals surface area contributed by atoms with Gasteiger partial charge in [0, 0.05) is 18.3 Å². The Labute approximate surface area is 224 Å². The number of nitriles is 1. The molecule has 5 heteroatoms. The summed E-state index contributed by atoms with van der Waals surface area (Å²) >= 11 is 0. The number of carbonyl (C=O) groups excluding carboxylic acids is 3. The fraction of sp³-hybridized carbons (Fsp3) is 0.812. The third-order valence-corrected chi connectivity index (χ3v) is 12.0. The molecule has 9 atom stereocenters. The van der Waals surface area contributed by atoms with Crippen molar-refractivity contribution in [3.8, 4) is 6.07 Å². The highest BCUT2D eigenvalue weighted by Gasteiger charge is 2.62. The van der Waals surface area contributed by atoms with E-state index in [1.54, 1.807) is 0 Å². The Morgan fingerprint density at radius 1 is 1.08 bits per heavy atom. The summed E-state index contributed by atoms with van der Waals surface area (Å²) in [5.74, 6) is 0.376. The summed E-state index contributed by atoms with van der Waals surface area (Å²) in [6.07, 6.45) is 12.6. The molecule has 0 radical (unpaired) electrons. The maximum absolute atomic E-state index is 14.5. The molecule has 0 aromatic heterocycles. The van der Waals surface area contributed by atoms with Crippen molar-refractivity contribution in [1.82, 2.24) is 0 Å². The Morgan fingerprint density at radius 3 is 2.38 bits per heavy atom. The monoisotopic (exact) mass is 508 g/mol. The number of rotatable bonds is 6. The van der Waals surface area contributed by atoms with Crippen LogP contribution in [0.3, 0.4) is 0 Å². The summed E-state index contributed by atoms with van der Waals surface area (Å²) in [5, 5.41) is 9.74. The first-order valence-corrected chi connectivity index (χ1v) is 15.0. The highest BCUT2D eigenvalue weighted by atomic mass is 16.1. The van der Waals surface area contributed by atoms with Gasteiger partial charge in [-0.15, -0.1) is 0 Å². The van der Waals surface area contributed by atoms with Gasteiger partial charge in [-0.05, 0) is 85.9 Å². The number of fused-ring (bicyclic) bond motifs is 7. The molecular weight excluding hydrogens is 460 g/mol. The van der Waals surface area contributed by atoms with Crippen molar-refractivity contribution >= 4 is 17.5 Å². The average molecular weight is 509 g/mol. The van der Waals surface area contributed by atoms with Gasteiger partial charge in [0.1, 0.15) is 11.9 Å². The van der Waals surface area contributed by atoms with Crippen LogP contribution in [0.25, 0.3) is 0 Å². The lowest BCUT2D eigenvalue weighted by Gasteiger charge is -2.60. The maximum atomic E-state index is 14.5. The number of primary amides is 1. The number of hydrogen-bond donors (Lipinski definition) is 1. The second-order valence-corrected chi connectivity index (χ2v) is 13.5. The summed E-state index contributed by atoms with van der Waals surface area (Å²) in [5.41, 5.74) is 5.42. The third-order valence-electron chi connectivity index (χ3n) is 12.0. The van der Waals surface area contributed by atoms with Gasteiger partial charge in [-0.3, -0.25) is 14.4 Å². The molecule has 2 bridgehead atoms. The van der Waals surface area contributed by atoms with Crippen LogP contribution < -0.4 is 5.73 Å². The number of amides is 1. The predicted molar refractivity (Wildman–Crippen MR) is 145 cm³/mol. The average Bonchev–Trinajstić information content (AvgIpc) is 2.85. The van der Waals surface area contributed by atoms with E-state index in [-0.39, 0.29) is 57.7 Å². The molecule has 0 aliphatic heterocycles. The van der Waals surface area contributed by atoms with E-state index < -0.39 is 5.41 Å². The molecule has 5 nitrogen and oxygen atoms in total. The Bertz CT molecular complexity index is 1010. The highest BCUT2D eigenvalue weighted by Crippen LogP contribution is 2.64. The van der Waals surface area contributed by atoms with Gasteiger partial charge in [-0.1, -0.05) is 60.0 Å². The van der Waals surface area contributed by atoms with Gasteiger partial charge in [0.05, 0.1) is 11.0 Å². The number of Topliss-reactive ketones (excluding diaryl/α,β-unsaturated/α-hetero) is 2. The molecule has 2 N–H and O–H groups in total. The second-order valence-electron chi connectivity index (χ2n) is 13.5. The zero-order valence-electron chi connectivity index (χ0n) is 23.8. The van der Waals surface area contributed by atoms with Crippen molar-refractivity contribution in [2.24, 2.45) is 57.5 Å². The minimum absolute atomic E-state index is 0.00542. The molecule has 1 amide bonds. The van der Waals surface area contributed by atoms with E-state index in [1.165, 1.54) is 0 Å². The van der Waals surface area contributed by atoms with E-state index in [2.05, 4.69) is 33.8 Å². The molecule has 0 heterocycles. The van der Waals surface area contributed by atoms with Crippen LogP contribution in [0.5, 0.6) is 0 Å². The Morgan fingerprint density at radius 2 is 1.76 bits per heavy atom. The predicted octanol–water partition coefficient (Wildman–Crippen LogP) is 6.55. The molecule has 204 valence electrons. The molecule has 0 aromatic carbocycles. The maximum Gasteiger partial charge on any atom is 0.223 e. The number of carbonyl (C=O) groups is 3. The number of ketones is 2. The fourth-order valence-corrected chi connectivity index (χ4v) is 9.76. The van der Waals surface area contributed by atoms with Crippen LogP contribution in [-0.4, -0.2) is 17.5 Å². The van der Waals surface area contributed by atoms with Gasteiger partial charge in [0.2, 0.25) is 5.91 Å². The standard InChI is InChI=1S/C32H48N2O3/c1-6-8-14-32(29(34)37)16-15-30(4)22-10-11-23(17-26(35)27(30)25(32)9-7-2)31(5)18-21(19-33)28(36)20(3)24(31)13-12-22/h18,20,22-25,27H,6-17H2,1-5H3,(H2,34,37)/t20-,22+,23+,24-,25?,27?,30-,31+,32-/m0/s1. The van der Waals surface area contributed by atoms with Gasteiger partial charge in [0.15, 0.2) is 5.78 Å². The first-order valence-electron chi connectivity index (χ1n) is 15.0. The van der Waals surface area contributed by atoms with Gasteiger partial charge in [0.25, 0.3) is 0 Å². The molecule has 0 aromatic rings. The lowest BCUT2D eigenvalue weighted by atomic mass is 9.43. The molecule has 0 saturated heterocycles.